The summed E-state index contributed by atoms with van der Waals surface area (Å²) >= 11 is 0. The van der Waals surface area contributed by atoms with E-state index in [9.17, 15) is 13.5 Å². The molecule has 0 aliphatic heterocycles. The van der Waals surface area contributed by atoms with Crippen molar-refractivity contribution in [1.82, 2.24) is 0 Å². The third-order valence-corrected chi connectivity index (χ3v) is 2.07. The Kier molecular flexibility index (Phi) is 11.1. The summed E-state index contributed by atoms with van der Waals surface area (Å²) in [7, 11) is -6.86. The van der Waals surface area contributed by atoms with Crippen LogP contribution in [0.1, 0.15) is 11.7 Å². The monoisotopic (exact) mass is 306 g/mol. The van der Waals surface area contributed by atoms with Gasteiger partial charge in [0.15, 0.2) is 0 Å². The first-order valence-electron chi connectivity index (χ1n) is 4.19. The zero-order chi connectivity index (χ0) is 13.5. The Balaban J connectivity index is 0. The maximum atomic E-state index is 10.2. The molecule has 0 spiro atoms. The molecular formula is C8H11NaO7S2. The Morgan fingerprint density at radius 1 is 1.11 bits per heavy atom. The molecule has 7 nitrogen and oxygen atoms in total. The Labute approximate surface area is 129 Å². The van der Waals surface area contributed by atoms with E-state index in [2.05, 4.69) is 0 Å². The molecular weight excluding hydrogens is 295 g/mol. The first kappa shape index (κ1) is 20.3. The van der Waals surface area contributed by atoms with Crippen molar-refractivity contribution in [3.05, 3.63) is 35.9 Å². The van der Waals surface area contributed by atoms with Gasteiger partial charge < -0.3 is 13.5 Å². The summed E-state index contributed by atoms with van der Waals surface area (Å²) in [6.07, 6.45) is -0.912. The van der Waals surface area contributed by atoms with Crippen LogP contribution in [0.25, 0.3) is 0 Å². The van der Waals surface area contributed by atoms with Crippen LogP contribution in [-0.2, 0) is 29.5 Å². The molecule has 18 heavy (non-hydrogen) atoms. The van der Waals surface area contributed by atoms with Gasteiger partial charge in [0.2, 0.25) is 0 Å². The average Bonchev–Trinajstić information content (AvgIpc) is 2.15. The summed E-state index contributed by atoms with van der Waals surface area (Å²) in [4.78, 5) is 0. The molecule has 0 bridgehead atoms. The molecule has 1 aromatic carbocycles. The van der Waals surface area contributed by atoms with Crippen LogP contribution in [0, 0.1) is 0 Å². The Bertz CT molecular complexity index is 481. The van der Waals surface area contributed by atoms with Crippen molar-refractivity contribution < 1.29 is 60.6 Å². The fraction of sp³-hybridized carbons (Fsp3) is 0.250. The number of rotatable bonds is 3. The van der Waals surface area contributed by atoms with Gasteiger partial charge in [-0.1, -0.05) is 41.0 Å². The number of benzene rings is 1. The van der Waals surface area contributed by atoms with E-state index in [0.29, 0.717) is 5.56 Å². The van der Waals surface area contributed by atoms with Crippen LogP contribution >= 0.6 is 0 Å². The van der Waals surface area contributed by atoms with Crippen molar-refractivity contribution in [3.63, 3.8) is 0 Å². The van der Waals surface area contributed by atoms with Gasteiger partial charge in [0.1, 0.15) is 0 Å². The van der Waals surface area contributed by atoms with Gasteiger partial charge in [-0.15, -0.1) is 0 Å². The molecule has 1 aromatic rings. The predicted octanol–water partition coefficient (Wildman–Crippen LogP) is -2.62. The van der Waals surface area contributed by atoms with Crippen LogP contribution in [0.4, 0.5) is 0 Å². The van der Waals surface area contributed by atoms with Crippen molar-refractivity contribution in [2.75, 3.05) is 5.75 Å². The van der Waals surface area contributed by atoms with Crippen LogP contribution in [0.2, 0.25) is 0 Å². The second kappa shape index (κ2) is 9.87. The average molecular weight is 306 g/mol. The molecule has 10 heteroatoms. The molecule has 0 radical (unpaired) electrons. The molecule has 0 saturated heterocycles. The molecule has 0 heterocycles. The quantitative estimate of drug-likeness (QED) is 0.317. The molecule has 0 aliphatic rings. The topological polar surface area (TPSA) is 129 Å². The van der Waals surface area contributed by atoms with Crippen LogP contribution in [0.5, 0.6) is 0 Å². The van der Waals surface area contributed by atoms with E-state index >= 15 is 0 Å². The van der Waals surface area contributed by atoms with E-state index in [1.165, 1.54) is 0 Å². The van der Waals surface area contributed by atoms with Gasteiger partial charge in [-0.2, -0.15) is 8.42 Å². The zero-order valence-corrected chi connectivity index (χ0v) is 13.1. The summed E-state index contributed by atoms with van der Waals surface area (Å²) in [6.45, 7) is 0. The second-order valence-electron chi connectivity index (χ2n) is 2.84. The molecule has 0 saturated carbocycles. The largest absolute Gasteiger partial charge is 1.00 e. The van der Waals surface area contributed by atoms with Gasteiger partial charge in [0.25, 0.3) is 0 Å². The molecule has 0 aliphatic carbocycles. The van der Waals surface area contributed by atoms with E-state index in [1.54, 1.807) is 24.3 Å². The van der Waals surface area contributed by atoms with E-state index in [4.69, 9.17) is 17.5 Å². The minimum absolute atomic E-state index is 0. The van der Waals surface area contributed by atoms with Gasteiger partial charge in [-0.25, -0.2) is 0 Å². The second-order valence-corrected chi connectivity index (χ2v) is 4.68. The van der Waals surface area contributed by atoms with Crippen molar-refractivity contribution in [3.8, 4) is 0 Å². The molecule has 0 amide bonds. The number of hydrogen-bond acceptors (Lipinski definition) is 6. The maximum absolute atomic E-state index is 10.2. The van der Waals surface area contributed by atoms with Crippen LogP contribution < -0.4 is 29.6 Å². The minimum atomic E-state index is -4.67. The van der Waals surface area contributed by atoms with Gasteiger partial charge >= 0.3 is 40.0 Å². The fourth-order valence-corrected chi connectivity index (χ4v) is 1.35. The zero-order valence-electron chi connectivity index (χ0n) is 9.46. The smallest absolute Gasteiger partial charge is 0.424 e. The van der Waals surface area contributed by atoms with E-state index in [-0.39, 0.29) is 35.3 Å². The Morgan fingerprint density at radius 3 is 1.83 bits per heavy atom. The van der Waals surface area contributed by atoms with Gasteiger partial charge in [-0.05, 0) is 11.3 Å². The molecule has 1 atom stereocenters. The SMILES string of the molecule is O=S(=O)(O)O.O=[S-](=O)CC(O)c1ccccc1.[Na+]. The number of aliphatic hydroxyl groups excluding tert-OH is 1. The summed E-state index contributed by atoms with van der Waals surface area (Å²) in [5.41, 5.74) is 0.627. The normalized spacial score (nSPS) is 12.0. The fourth-order valence-electron chi connectivity index (χ4n) is 0.900. The summed E-state index contributed by atoms with van der Waals surface area (Å²) < 4.78 is 52.0. The first-order valence-corrected chi connectivity index (χ1v) is 6.83. The molecule has 1 unspecified atom stereocenters. The predicted molar refractivity (Wildman–Crippen MR) is 59.2 cm³/mol. The van der Waals surface area contributed by atoms with E-state index in [1.807, 2.05) is 6.07 Å². The molecule has 3 N–H and O–H groups in total. The van der Waals surface area contributed by atoms with Crippen molar-refractivity contribution in [1.29, 1.82) is 0 Å². The maximum Gasteiger partial charge on any atom is 1.00 e. The standard InChI is InChI=1S/C8H9O3S.Na.H2O4S/c9-8(6-12(10)11)7-4-2-1-3-5-7;;1-5(2,3)4/h1-5,8-9H,6H2;;(H2,1,2,3,4)/q-1;+1;. The van der Waals surface area contributed by atoms with Crippen LogP contribution in [0.3, 0.4) is 0 Å². The molecule has 0 fully saturated rings. The van der Waals surface area contributed by atoms with Gasteiger partial charge in [-0.3, -0.25) is 9.11 Å². The van der Waals surface area contributed by atoms with Gasteiger partial charge in [0.05, 0.1) is 6.10 Å². The van der Waals surface area contributed by atoms with Crippen molar-refractivity contribution in [2.24, 2.45) is 0 Å². The summed E-state index contributed by atoms with van der Waals surface area (Å²) in [5, 5.41) is 9.30. The first-order chi connectivity index (χ1) is 7.70. The number of hydrogen-bond donors (Lipinski definition) is 3. The molecule has 98 valence electrons. The Morgan fingerprint density at radius 2 is 1.50 bits per heavy atom. The van der Waals surface area contributed by atoms with Crippen LogP contribution in [-0.4, -0.2) is 28.4 Å². The van der Waals surface area contributed by atoms with Gasteiger partial charge in [0, 0.05) is 0 Å². The molecule has 1 rings (SSSR count). The number of aliphatic hydroxyl groups is 1. The third kappa shape index (κ3) is 14.1. The van der Waals surface area contributed by atoms with Crippen LogP contribution in [0.15, 0.2) is 30.3 Å². The van der Waals surface area contributed by atoms with Crippen molar-refractivity contribution >= 4 is 21.1 Å². The molecule has 0 aromatic heterocycles. The van der Waals surface area contributed by atoms with E-state index in [0.717, 1.165) is 0 Å². The Hall–Kier alpha value is 0. The van der Waals surface area contributed by atoms with Crippen molar-refractivity contribution in [2.45, 2.75) is 6.10 Å². The van der Waals surface area contributed by atoms with E-state index < -0.39 is 27.2 Å². The summed E-state index contributed by atoms with van der Waals surface area (Å²) in [6, 6.07) is 8.71. The minimum Gasteiger partial charge on any atom is -0.424 e. The summed E-state index contributed by atoms with van der Waals surface area (Å²) in [5.74, 6) is -0.246. The third-order valence-electron chi connectivity index (χ3n) is 1.48.